The normalized spacial score (nSPS) is 13.9. The number of halogens is 8. The molecule has 0 saturated carbocycles. The van der Waals surface area contributed by atoms with Crippen molar-refractivity contribution in [3.8, 4) is 0 Å². The molecule has 0 aromatic carbocycles. The second kappa shape index (κ2) is 3.80. The fourth-order valence-electron chi connectivity index (χ4n) is 0.315. The molecule has 0 bridgehead atoms. The van der Waals surface area contributed by atoms with Gasteiger partial charge in [0.2, 0.25) is 0 Å². The van der Waals surface area contributed by atoms with Crippen LogP contribution >= 0.6 is 7.80 Å². The van der Waals surface area contributed by atoms with Crippen molar-refractivity contribution in [3.05, 3.63) is 11.6 Å². The summed E-state index contributed by atoms with van der Waals surface area (Å²) in [4.78, 5) is 0. The summed E-state index contributed by atoms with van der Waals surface area (Å²) in [5, 5.41) is 0. The number of hydrogen-bond acceptors (Lipinski definition) is 1. The van der Waals surface area contributed by atoms with Crippen LogP contribution in [0, 0.1) is 0 Å². The minimum Gasteiger partial charge on any atom is -0.165 e. The van der Waals surface area contributed by atoms with Crippen LogP contribution in [-0.4, -0.2) is 11.8 Å². The molecule has 0 heterocycles. The van der Waals surface area contributed by atoms with Gasteiger partial charge in [0.15, 0.2) is 0 Å². The fraction of sp³-hybridized carbons (Fsp3) is 0.500. The summed E-state index contributed by atoms with van der Waals surface area (Å²) in [6.45, 7) is 0. The van der Waals surface area contributed by atoms with Crippen LogP contribution in [0.25, 0.3) is 0 Å². The van der Waals surface area contributed by atoms with Crippen LogP contribution in [0.3, 0.4) is 0 Å². The van der Waals surface area contributed by atoms with Crippen molar-refractivity contribution in [2.24, 2.45) is 0 Å². The van der Waals surface area contributed by atoms with Crippen LogP contribution in [-0.2, 0) is 4.57 Å². The highest BCUT2D eigenvalue weighted by Crippen LogP contribution is 2.57. The van der Waals surface area contributed by atoms with Gasteiger partial charge < -0.3 is 0 Å². The van der Waals surface area contributed by atoms with E-state index < -0.39 is 31.3 Å². The first-order chi connectivity index (χ1) is 6.01. The molecule has 0 aliphatic heterocycles. The average Bonchev–Trinajstić information content (AvgIpc) is 1.99. The first-order valence-corrected chi connectivity index (χ1v) is 3.90. The van der Waals surface area contributed by atoms with E-state index in [9.17, 15) is 39.7 Å². The second-order valence-electron chi connectivity index (χ2n) is 1.88. The van der Waals surface area contributed by atoms with E-state index in [2.05, 4.69) is 0 Å². The Morgan fingerprint density at radius 1 is 0.929 bits per heavy atom. The molecule has 1 nitrogen and oxygen atoms in total. The third-order valence-corrected chi connectivity index (χ3v) is 2.22. The lowest BCUT2D eigenvalue weighted by atomic mass is 10.7. The molecule has 1 unspecified atom stereocenters. The van der Waals surface area contributed by atoms with Gasteiger partial charge in [-0.25, -0.2) is 0 Å². The summed E-state index contributed by atoms with van der Waals surface area (Å²) in [5.41, 5.74) is -9.25. The Bertz CT molecular complexity index is 274. The molecule has 1 atom stereocenters. The summed E-state index contributed by atoms with van der Waals surface area (Å²) in [6.07, 6.45) is -9.80. The summed E-state index contributed by atoms with van der Waals surface area (Å²) in [6, 6.07) is 0. The Hall–Kier alpha value is -0.720. The monoisotopic (exact) mass is 247 g/mol. The van der Waals surface area contributed by atoms with E-state index in [1.807, 2.05) is 0 Å². The van der Waals surface area contributed by atoms with E-state index in [1.165, 1.54) is 0 Å². The topological polar surface area (TPSA) is 17.1 Å². The number of rotatable bonds is 2. The Kier molecular flexibility index (Phi) is 3.60. The molecular weight excluding hydrogens is 247 g/mol. The largest absolute Gasteiger partial charge is 0.548 e. The molecule has 0 N–H and O–H groups in total. The van der Waals surface area contributed by atoms with E-state index in [4.69, 9.17) is 0 Å². The maximum atomic E-state index is 11.9. The Morgan fingerprint density at radius 3 is 1.50 bits per heavy atom. The summed E-state index contributed by atoms with van der Waals surface area (Å²) in [7, 11) is -5.16. The highest BCUT2D eigenvalue weighted by atomic mass is 31.1. The Labute approximate surface area is 72.2 Å². The first kappa shape index (κ1) is 13.3. The quantitative estimate of drug-likeness (QED) is 0.532. The number of hydrogen-bond donors (Lipinski definition) is 0. The van der Waals surface area contributed by atoms with Crippen LogP contribution in [0.1, 0.15) is 0 Å². The molecule has 0 spiro atoms. The predicted octanol–water partition coefficient (Wildman–Crippen LogP) is 4.00. The van der Waals surface area contributed by atoms with Crippen LogP contribution in [0.4, 0.5) is 35.1 Å². The molecule has 0 aromatic heterocycles. The second-order valence-corrected chi connectivity index (χ2v) is 3.43. The molecule has 0 aliphatic rings. The lowest BCUT2D eigenvalue weighted by molar-refractivity contribution is -0.241. The smallest absolute Gasteiger partial charge is 0.165 e. The van der Waals surface area contributed by atoms with Crippen LogP contribution < -0.4 is 0 Å². The van der Waals surface area contributed by atoms with Crippen molar-refractivity contribution in [2.45, 2.75) is 11.8 Å². The zero-order chi connectivity index (χ0) is 11.7. The zero-order valence-electron chi connectivity index (χ0n) is 5.88. The number of alkyl halides is 5. The molecule has 0 radical (unpaired) electrons. The summed E-state index contributed by atoms with van der Waals surface area (Å²) >= 11 is 0. The maximum absolute atomic E-state index is 11.9. The van der Waals surface area contributed by atoms with Gasteiger partial charge in [-0.15, -0.1) is 13.2 Å². The highest BCUT2D eigenvalue weighted by Gasteiger charge is 2.75. The van der Waals surface area contributed by atoms with Gasteiger partial charge in [-0.05, 0) is 0 Å². The van der Waals surface area contributed by atoms with Crippen molar-refractivity contribution in [1.29, 1.82) is 0 Å². The van der Waals surface area contributed by atoms with Crippen LogP contribution in [0.2, 0.25) is 0 Å². The lowest BCUT2D eigenvalue weighted by Gasteiger charge is -2.07. The zero-order valence-corrected chi connectivity index (χ0v) is 6.77. The minimum absolute atomic E-state index is 3.25. The van der Waals surface area contributed by atoms with Gasteiger partial charge in [0, 0.05) is 0 Å². The van der Waals surface area contributed by atoms with Crippen molar-refractivity contribution >= 4 is 7.80 Å². The average molecular weight is 247 g/mol. The van der Waals surface area contributed by atoms with Gasteiger partial charge in [-0.2, -0.15) is 22.0 Å². The molecule has 0 amide bonds. The van der Waals surface area contributed by atoms with Crippen molar-refractivity contribution in [2.75, 3.05) is 0 Å². The van der Waals surface area contributed by atoms with E-state index in [1.54, 1.807) is 0 Å². The molecule has 10 heteroatoms. The third-order valence-electron chi connectivity index (χ3n) is 0.930. The van der Waals surface area contributed by atoms with E-state index in [0.717, 1.165) is 0 Å². The molecule has 82 valence electrons. The summed E-state index contributed by atoms with van der Waals surface area (Å²) < 4.78 is 102. The standard InChI is InChI=1S/C4F8OP/c5-1(6)2(7)14(13)4(11,12)3(8,9)10/q+1. The highest BCUT2D eigenvalue weighted by molar-refractivity contribution is 7.50. The van der Waals surface area contributed by atoms with Gasteiger partial charge in [-0.3, -0.25) is 0 Å². The maximum Gasteiger partial charge on any atom is 0.548 e. The van der Waals surface area contributed by atoms with Gasteiger partial charge in [0.25, 0.3) is 0 Å². The SMILES string of the molecule is O=[P+](C(F)=C(F)F)C(F)(F)C(F)(F)F. The van der Waals surface area contributed by atoms with Crippen molar-refractivity contribution < 1.29 is 39.7 Å². The lowest BCUT2D eigenvalue weighted by Crippen LogP contribution is -2.32. The van der Waals surface area contributed by atoms with Gasteiger partial charge in [0.05, 0.1) is 0 Å². The molecule has 0 saturated heterocycles. The first-order valence-electron chi connectivity index (χ1n) is 2.64. The molecule has 0 aliphatic carbocycles. The molecule has 0 rings (SSSR count). The molecule has 0 aromatic rings. The van der Waals surface area contributed by atoms with Crippen LogP contribution in [0.5, 0.6) is 0 Å². The molecular formula is C4F8OP+. The molecule has 14 heavy (non-hydrogen) atoms. The molecule has 0 fully saturated rings. The van der Waals surface area contributed by atoms with Crippen molar-refractivity contribution in [3.63, 3.8) is 0 Å². The van der Waals surface area contributed by atoms with Crippen LogP contribution in [0.15, 0.2) is 11.6 Å². The van der Waals surface area contributed by atoms with E-state index in [0.29, 0.717) is 0 Å². The minimum atomic E-state index is -6.34. The summed E-state index contributed by atoms with van der Waals surface area (Å²) in [5.74, 6) is 0. The van der Waals surface area contributed by atoms with Gasteiger partial charge in [0.1, 0.15) is 0 Å². The third kappa shape index (κ3) is 2.40. The van der Waals surface area contributed by atoms with E-state index >= 15 is 0 Å². The predicted molar refractivity (Wildman–Crippen MR) is 29.0 cm³/mol. The van der Waals surface area contributed by atoms with Crippen molar-refractivity contribution in [1.82, 2.24) is 0 Å². The Morgan fingerprint density at radius 2 is 1.29 bits per heavy atom. The van der Waals surface area contributed by atoms with Gasteiger partial charge in [-0.1, -0.05) is 4.57 Å². The van der Waals surface area contributed by atoms with Gasteiger partial charge >= 0.3 is 31.3 Å². The Balaban J connectivity index is 5.16. The fourth-order valence-corrected chi connectivity index (χ4v) is 0.946. The van der Waals surface area contributed by atoms with E-state index in [-0.39, 0.29) is 0 Å².